The number of aryl methyl sites for hydroxylation is 1. The summed E-state index contributed by atoms with van der Waals surface area (Å²) in [4.78, 5) is 0. The number of nitrogens with zero attached hydrogens (tertiary/aromatic N) is 2. The van der Waals surface area contributed by atoms with Crippen LogP contribution in [0.5, 0.6) is 5.75 Å². The number of benzene rings is 1. The van der Waals surface area contributed by atoms with Crippen LogP contribution in [0.4, 0.5) is 4.39 Å². The molecule has 2 N–H and O–H groups in total. The lowest BCUT2D eigenvalue weighted by Gasteiger charge is -2.10. The molecule has 102 valence electrons. The second-order valence-corrected chi connectivity index (χ2v) is 4.28. The molecule has 4 nitrogen and oxygen atoms in total. The molecule has 1 heterocycles. The van der Waals surface area contributed by atoms with Gasteiger partial charge in [0.05, 0.1) is 6.20 Å². The summed E-state index contributed by atoms with van der Waals surface area (Å²) in [6.07, 6.45) is 4.31. The fraction of sp³-hybridized carbons (Fsp3) is 0.357. The average Bonchev–Trinajstić information content (AvgIpc) is 2.86. The Morgan fingerprint density at radius 2 is 2.26 bits per heavy atom. The summed E-state index contributed by atoms with van der Waals surface area (Å²) in [6, 6.07) is 4.51. The minimum atomic E-state index is -0.269. The fourth-order valence-electron chi connectivity index (χ4n) is 1.85. The molecule has 0 saturated heterocycles. The maximum Gasteiger partial charge on any atom is 0.123 e. The molecule has 0 amide bonds. The molecule has 5 heteroatoms. The third-order valence-corrected chi connectivity index (χ3v) is 2.84. The molecule has 2 aromatic rings. The number of hydrogen-bond acceptors (Lipinski definition) is 3. The van der Waals surface area contributed by atoms with E-state index in [1.54, 1.807) is 12.3 Å². The first-order valence-electron chi connectivity index (χ1n) is 6.35. The maximum absolute atomic E-state index is 13.2. The van der Waals surface area contributed by atoms with Gasteiger partial charge in [-0.2, -0.15) is 5.10 Å². The Hall–Kier alpha value is -1.88. The van der Waals surface area contributed by atoms with E-state index >= 15 is 0 Å². The maximum atomic E-state index is 13.2. The van der Waals surface area contributed by atoms with E-state index in [9.17, 15) is 4.39 Å². The summed E-state index contributed by atoms with van der Waals surface area (Å²) < 4.78 is 20.7. The van der Waals surface area contributed by atoms with Gasteiger partial charge in [0, 0.05) is 18.3 Å². The zero-order valence-electron chi connectivity index (χ0n) is 11.0. The normalized spacial score (nSPS) is 10.7. The van der Waals surface area contributed by atoms with E-state index in [1.807, 2.05) is 17.8 Å². The minimum absolute atomic E-state index is 0.269. The molecule has 0 spiro atoms. The van der Waals surface area contributed by atoms with E-state index in [4.69, 9.17) is 10.5 Å². The van der Waals surface area contributed by atoms with Gasteiger partial charge in [0.1, 0.15) is 18.2 Å². The largest absolute Gasteiger partial charge is 0.489 e. The molecule has 0 radical (unpaired) electrons. The van der Waals surface area contributed by atoms with Crippen molar-refractivity contribution in [1.82, 2.24) is 9.78 Å². The predicted molar refractivity (Wildman–Crippen MR) is 71.4 cm³/mol. The van der Waals surface area contributed by atoms with Crippen molar-refractivity contribution in [1.29, 1.82) is 0 Å². The number of aromatic nitrogens is 2. The lowest BCUT2D eigenvalue weighted by Crippen LogP contribution is -2.06. The second-order valence-electron chi connectivity index (χ2n) is 4.28. The lowest BCUT2D eigenvalue weighted by atomic mass is 10.1. The Labute approximate surface area is 112 Å². The van der Waals surface area contributed by atoms with E-state index in [0.29, 0.717) is 25.3 Å². The summed E-state index contributed by atoms with van der Waals surface area (Å²) in [6.45, 7) is 3.74. The van der Waals surface area contributed by atoms with Crippen LogP contribution in [0, 0.1) is 5.82 Å². The summed E-state index contributed by atoms with van der Waals surface area (Å²) in [5.41, 5.74) is 7.30. The van der Waals surface area contributed by atoms with Crippen LogP contribution >= 0.6 is 0 Å². The van der Waals surface area contributed by atoms with E-state index < -0.39 is 0 Å². The van der Waals surface area contributed by atoms with Crippen LogP contribution in [0.3, 0.4) is 0 Å². The quantitative estimate of drug-likeness (QED) is 0.868. The van der Waals surface area contributed by atoms with Crippen LogP contribution in [0.2, 0.25) is 0 Å². The van der Waals surface area contributed by atoms with Crippen LogP contribution in [-0.4, -0.2) is 16.3 Å². The molecule has 0 aliphatic carbocycles. The van der Waals surface area contributed by atoms with Gasteiger partial charge >= 0.3 is 0 Å². The fourth-order valence-corrected chi connectivity index (χ4v) is 1.85. The molecule has 0 aliphatic heterocycles. The minimum Gasteiger partial charge on any atom is -0.489 e. The molecule has 2 rings (SSSR count). The van der Waals surface area contributed by atoms with Crippen molar-refractivity contribution in [2.45, 2.75) is 26.5 Å². The van der Waals surface area contributed by atoms with Gasteiger partial charge in [-0.3, -0.25) is 4.68 Å². The first-order valence-corrected chi connectivity index (χ1v) is 6.35. The van der Waals surface area contributed by atoms with Gasteiger partial charge in [0.15, 0.2) is 0 Å². The number of hydrogen-bond donors (Lipinski definition) is 1. The van der Waals surface area contributed by atoms with Gasteiger partial charge in [-0.1, -0.05) is 0 Å². The van der Waals surface area contributed by atoms with Crippen molar-refractivity contribution < 1.29 is 9.13 Å². The van der Waals surface area contributed by atoms with Crippen molar-refractivity contribution in [2.24, 2.45) is 5.73 Å². The molecule has 0 saturated carbocycles. The molecule has 0 fully saturated rings. The van der Waals surface area contributed by atoms with Crippen molar-refractivity contribution in [2.75, 3.05) is 6.54 Å². The summed E-state index contributed by atoms with van der Waals surface area (Å²) in [7, 11) is 0. The first-order chi connectivity index (χ1) is 9.22. The van der Waals surface area contributed by atoms with Gasteiger partial charge in [0.25, 0.3) is 0 Å². The highest BCUT2D eigenvalue weighted by Gasteiger charge is 2.06. The monoisotopic (exact) mass is 263 g/mol. The third kappa shape index (κ3) is 3.54. The number of nitrogens with two attached hydrogens (primary N) is 1. The van der Waals surface area contributed by atoms with Gasteiger partial charge in [0.2, 0.25) is 0 Å². The first kappa shape index (κ1) is 13.5. The zero-order valence-corrected chi connectivity index (χ0v) is 11.0. The molecular weight excluding hydrogens is 245 g/mol. The molecule has 1 aromatic carbocycles. The lowest BCUT2D eigenvalue weighted by molar-refractivity contribution is 0.302. The highest BCUT2D eigenvalue weighted by Crippen LogP contribution is 2.21. The Morgan fingerprint density at radius 1 is 1.42 bits per heavy atom. The molecule has 19 heavy (non-hydrogen) atoms. The molecule has 0 atom stereocenters. The predicted octanol–water partition coefficient (Wildman–Crippen LogP) is 2.12. The van der Waals surface area contributed by atoms with Crippen molar-refractivity contribution in [3.8, 4) is 5.75 Å². The highest BCUT2D eigenvalue weighted by molar-refractivity contribution is 5.34. The average molecular weight is 263 g/mol. The number of halogens is 1. The zero-order chi connectivity index (χ0) is 13.7. The van der Waals surface area contributed by atoms with Gasteiger partial charge in [-0.15, -0.1) is 0 Å². The van der Waals surface area contributed by atoms with Crippen LogP contribution < -0.4 is 10.5 Å². The topological polar surface area (TPSA) is 53.1 Å². The van der Waals surface area contributed by atoms with Crippen LogP contribution in [0.15, 0.2) is 30.6 Å². The van der Waals surface area contributed by atoms with Crippen molar-refractivity contribution in [3.05, 3.63) is 47.5 Å². The highest BCUT2D eigenvalue weighted by atomic mass is 19.1. The van der Waals surface area contributed by atoms with Crippen LogP contribution in [-0.2, 0) is 19.6 Å². The number of rotatable bonds is 6. The van der Waals surface area contributed by atoms with Crippen LogP contribution in [0.25, 0.3) is 0 Å². The van der Waals surface area contributed by atoms with Crippen LogP contribution in [0.1, 0.15) is 18.1 Å². The number of ether oxygens (including phenoxy) is 1. The Kier molecular flexibility index (Phi) is 4.52. The Morgan fingerprint density at radius 3 is 2.95 bits per heavy atom. The van der Waals surface area contributed by atoms with E-state index in [-0.39, 0.29) is 5.82 Å². The smallest absolute Gasteiger partial charge is 0.123 e. The van der Waals surface area contributed by atoms with Gasteiger partial charge in [-0.05, 0) is 43.7 Å². The van der Waals surface area contributed by atoms with E-state index in [1.165, 1.54) is 12.1 Å². The molecule has 1 aromatic heterocycles. The van der Waals surface area contributed by atoms with E-state index in [0.717, 1.165) is 17.7 Å². The van der Waals surface area contributed by atoms with Crippen molar-refractivity contribution >= 4 is 0 Å². The molecule has 0 aliphatic rings. The summed E-state index contributed by atoms with van der Waals surface area (Å²) in [5, 5.41) is 4.18. The van der Waals surface area contributed by atoms with E-state index in [2.05, 4.69) is 5.10 Å². The SMILES string of the molecule is CCn1cc(COc2ccc(F)cc2CCN)cn1. The van der Waals surface area contributed by atoms with Gasteiger partial charge in [-0.25, -0.2) is 4.39 Å². The Bertz CT molecular complexity index is 539. The molecule has 0 unspecified atom stereocenters. The van der Waals surface area contributed by atoms with Gasteiger partial charge < -0.3 is 10.5 Å². The Balaban J connectivity index is 2.05. The third-order valence-electron chi connectivity index (χ3n) is 2.84. The summed E-state index contributed by atoms with van der Waals surface area (Å²) in [5.74, 6) is 0.408. The standard InChI is InChI=1S/C14H18FN3O/c1-2-18-9-11(8-17-18)10-19-14-4-3-13(15)7-12(14)5-6-16/h3-4,7-9H,2,5-6,10,16H2,1H3. The summed E-state index contributed by atoms with van der Waals surface area (Å²) >= 11 is 0. The molecule has 0 bridgehead atoms. The van der Waals surface area contributed by atoms with Crippen molar-refractivity contribution in [3.63, 3.8) is 0 Å². The second kappa shape index (κ2) is 6.33. The molecular formula is C14H18FN3O.